The van der Waals surface area contributed by atoms with E-state index < -0.39 is 0 Å². The fourth-order valence-electron chi connectivity index (χ4n) is 1.32. The fraction of sp³-hybridized carbons (Fsp3) is 0.750. The Kier molecular flexibility index (Phi) is 2.68. The second-order valence-corrected chi connectivity index (χ2v) is 2.81. The van der Waals surface area contributed by atoms with Gasteiger partial charge in [-0.1, -0.05) is 0 Å². The lowest BCUT2D eigenvalue weighted by atomic mass is 10.2. The van der Waals surface area contributed by atoms with Gasteiger partial charge in [0.25, 0.3) is 0 Å². The zero-order valence-corrected chi connectivity index (χ0v) is 7.37. The van der Waals surface area contributed by atoms with Gasteiger partial charge in [-0.25, -0.2) is 4.79 Å². The first kappa shape index (κ1) is 9.03. The first-order chi connectivity index (χ1) is 5.66. The summed E-state index contributed by atoms with van der Waals surface area (Å²) in [7, 11) is 1.64. The minimum Gasteiger partial charge on any atom is -0.464 e. The Hall–Kier alpha value is -1.06. The summed E-state index contributed by atoms with van der Waals surface area (Å²) < 4.78 is 4.81. The third kappa shape index (κ3) is 1.57. The Morgan fingerprint density at radius 3 is 2.83 bits per heavy atom. The van der Waals surface area contributed by atoms with Gasteiger partial charge in [0.2, 0.25) is 5.91 Å². The zero-order valence-electron chi connectivity index (χ0n) is 7.37. The number of nitrogens with zero attached hydrogens (tertiary/aromatic N) is 1. The summed E-state index contributed by atoms with van der Waals surface area (Å²) in [5, 5.41) is 0. The number of hydrogen-bond donors (Lipinski definition) is 0. The minimum atomic E-state index is -0.350. The molecule has 0 aromatic heterocycles. The molecule has 1 fully saturated rings. The van der Waals surface area contributed by atoms with Crippen LogP contribution < -0.4 is 0 Å². The Balaban J connectivity index is 2.53. The molecule has 12 heavy (non-hydrogen) atoms. The van der Waals surface area contributed by atoms with E-state index in [1.807, 2.05) is 0 Å². The monoisotopic (exact) mass is 171 g/mol. The molecule has 0 bridgehead atoms. The highest BCUT2D eigenvalue weighted by Gasteiger charge is 2.33. The molecule has 1 rings (SSSR count). The van der Waals surface area contributed by atoms with Gasteiger partial charge in [0, 0.05) is 13.5 Å². The highest BCUT2D eigenvalue weighted by Crippen LogP contribution is 2.17. The number of amides is 1. The van der Waals surface area contributed by atoms with Gasteiger partial charge in [-0.15, -0.1) is 0 Å². The van der Waals surface area contributed by atoms with Crippen LogP contribution in [0.5, 0.6) is 0 Å². The maximum absolute atomic E-state index is 11.2. The maximum Gasteiger partial charge on any atom is 0.328 e. The van der Waals surface area contributed by atoms with E-state index in [-0.39, 0.29) is 17.9 Å². The molecule has 1 amide bonds. The number of likely N-dealkylation sites (N-methyl/N-ethyl adjacent to an activating group) is 1. The van der Waals surface area contributed by atoms with E-state index in [1.54, 1.807) is 14.0 Å². The van der Waals surface area contributed by atoms with Gasteiger partial charge in [0.1, 0.15) is 6.04 Å². The van der Waals surface area contributed by atoms with E-state index in [4.69, 9.17) is 4.74 Å². The molecular weight excluding hydrogens is 158 g/mol. The molecule has 0 aromatic carbocycles. The summed E-state index contributed by atoms with van der Waals surface area (Å²) in [6.07, 6.45) is 1.05. The molecule has 4 nitrogen and oxygen atoms in total. The first-order valence-electron chi connectivity index (χ1n) is 4.09. The molecule has 68 valence electrons. The molecule has 0 unspecified atom stereocenters. The standard InChI is InChI=1S/C8H13NO3/c1-3-12-8(11)6-4-5-7(10)9(6)2/h6H,3-5H2,1-2H3/t6-/m1/s1. The summed E-state index contributed by atoms with van der Waals surface area (Å²) in [4.78, 5) is 23.7. The number of rotatable bonds is 2. The molecule has 0 aromatic rings. The van der Waals surface area contributed by atoms with E-state index in [0.717, 1.165) is 0 Å². The van der Waals surface area contributed by atoms with Crippen LogP contribution in [0, 0.1) is 0 Å². The fourth-order valence-corrected chi connectivity index (χ4v) is 1.32. The van der Waals surface area contributed by atoms with Crippen molar-refractivity contribution in [3.05, 3.63) is 0 Å². The number of carbonyl (C=O) groups is 2. The predicted molar refractivity (Wildman–Crippen MR) is 42.4 cm³/mol. The van der Waals surface area contributed by atoms with Crippen LogP contribution >= 0.6 is 0 Å². The quantitative estimate of drug-likeness (QED) is 0.556. The van der Waals surface area contributed by atoms with Crippen molar-refractivity contribution in [3.8, 4) is 0 Å². The van der Waals surface area contributed by atoms with Crippen molar-refractivity contribution in [1.29, 1.82) is 0 Å². The zero-order chi connectivity index (χ0) is 9.14. The highest BCUT2D eigenvalue weighted by atomic mass is 16.5. The number of esters is 1. The van der Waals surface area contributed by atoms with Crippen LogP contribution in [0.1, 0.15) is 19.8 Å². The van der Waals surface area contributed by atoms with Crippen molar-refractivity contribution < 1.29 is 14.3 Å². The van der Waals surface area contributed by atoms with Gasteiger partial charge in [-0.05, 0) is 13.3 Å². The summed E-state index contributed by atoms with van der Waals surface area (Å²) in [5.41, 5.74) is 0. The Labute approximate surface area is 71.5 Å². The molecule has 0 spiro atoms. The molecule has 1 aliphatic rings. The number of likely N-dealkylation sites (tertiary alicyclic amines) is 1. The minimum absolute atomic E-state index is 0.0213. The lowest BCUT2D eigenvalue weighted by molar-refractivity contribution is -0.150. The second kappa shape index (κ2) is 3.56. The van der Waals surface area contributed by atoms with Gasteiger partial charge in [-0.3, -0.25) is 4.79 Å². The van der Waals surface area contributed by atoms with Crippen LogP contribution in [0.4, 0.5) is 0 Å². The number of carbonyl (C=O) groups excluding carboxylic acids is 2. The Bertz CT molecular complexity index is 202. The normalized spacial score (nSPS) is 23.0. The molecule has 1 saturated heterocycles. The van der Waals surface area contributed by atoms with Crippen LogP contribution in [0.3, 0.4) is 0 Å². The molecule has 0 radical (unpaired) electrons. The van der Waals surface area contributed by atoms with Crippen LogP contribution in [0.2, 0.25) is 0 Å². The van der Waals surface area contributed by atoms with Gasteiger partial charge < -0.3 is 9.64 Å². The SMILES string of the molecule is CCOC(=O)[C@H]1CCC(=O)N1C. The van der Waals surface area contributed by atoms with E-state index >= 15 is 0 Å². The molecule has 0 aliphatic carbocycles. The predicted octanol–water partition coefficient (Wildman–Crippen LogP) is 0.170. The molecule has 0 saturated carbocycles. The molecule has 1 heterocycles. The first-order valence-corrected chi connectivity index (χ1v) is 4.09. The van der Waals surface area contributed by atoms with Gasteiger partial charge in [0.05, 0.1) is 6.61 Å². The average molecular weight is 171 g/mol. The van der Waals surface area contributed by atoms with Crippen molar-refractivity contribution >= 4 is 11.9 Å². The lowest BCUT2D eigenvalue weighted by Gasteiger charge is -2.17. The van der Waals surface area contributed by atoms with E-state index in [1.165, 1.54) is 4.90 Å². The number of hydrogen-bond acceptors (Lipinski definition) is 3. The van der Waals surface area contributed by atoms with Crippen molar-refractivity contribution in [2.75, 3.05) is 13.7 Å². The summed E-state index contributed by atoms with van der Waals surface area (Å²) in [6.45, 7) is 2.13. The van der Waals surface area contributed by atoms with Gasteiger partial charge in [-0.2, -0.15) is 0 Å². The molecular formula is C8H13NO3. The molecule has 0 N–H and O–H groups in total. The van der Waals surface area contributed by atoms with Crippen LogP contribution in [0.15, 0.2) is 0 Å². The summed E-state index contributed by atoms with van der Waals surface area (Å²) >= 11 is 0. The topological polar surface area (TPSA) is 46.6 Å². The highest BCUT2D eigenvalue weighted by molar-refractivity contribution is 5.87. The summed E-state index contributed by atoms with van der Waals surface area (Å²) in [5.74, 6) is -0.265. The van der Waals surface area contributed by atoms with Crippen LogP contribution in [-0.2, 0) is 14.3 Å². The van der Waals surface area contributed by atoms with E-state index in [9.17, 15) is 9.59 Å². The second-order valence-electron chi connectivity index (χ2n) is 2.81. The van der Waals surface area contributed by atoms with Crippen LogP contribution in [-0.4, -0.2) is 36.5 Å². The maximum atomic E-state index is 11.2. The van der Waals surface area contributed by atoms with Crippen molar-refractivity contribution in [2.45, 2.75) is 25.8 Å². The van der Waals surface area contributed by atoms with E-state index in [0.29, 0.717) is 19.4 Å². The number of ether oxygens (including phenoxy) is 1. The lowest BCUT2D eigenvalue weighted by Crippen LogP contribution is -2.36. The van der Waals surface area contributed by atoms with Crippen molar-refractivity contribution in [1.82, 2.24) is 4.90 Å². The Morgan fingerprint density at radius 2 is 2.42 bits per heavy atom. The molecule has 1 atom stereocenters. The van der Waals surface area contributed by atoms with Gasteiger partial charge >= 0.3 is 5.97 Å². The average Bonchev–Trinajstić information content (AvgIpc) is 2.34. The summed E-state index contributed by atoms with van der Waals surface area (Å²) in [6, 6.07) is -0.350. The van der Waals surface area contributed by atoms with Crippen LogP contribution in [0.25, 0.3) is 0 Å². The van der Waals surface area contributed by atoms with Crippen molar-refractivity contribution in [2.24, 2.45) is 0 Å². The third-order valence-electron chi connectivity index (χ3n) is 2.05. The Morgan fingerprint density at radius 1 is 1.75 bits per heavy atom. The van der Waals surface area contributed by atoms with E-state index in [2.05, 4.69) is 0 Å². The third-order valence-corrected chi connectivity index (χ3v) is 2.05. The van der Waals surface area contributed by atoms with Crippen molar-refractivity contribution in [3.63, 3.8) is 0 Å². The smallest absolute Gasteiger partial charge is 0.328 e. The largest absolute Gasteiger partial charge is 0.464 e. The van der Waals surface area contributed by atoms with Gasteiger partial charge in [0.15, 0.2) is 0 Å². The molecule has 1 aliphatic heterocycles. The molecule has 4 heteroatoms.